The normalized spacial score (nSPS) is 15.1. The molecular weight excluding hydrogens is 200 g/mol. The SMILES string of the molecule is Cc1ncccc1OCCCCNC1CC1. The third-order valence-electron chi connectivity index (χ3n) is 2.80. The van der Waals surface area contributed by atoms with Crippen LogP contribution >= 0.6 is 0 Å². The number of rotatable bonds is 7. The van der Waals surface area contributed by atoms with Gasteiger partial charge in [-0.3, -0.25) is 4.98 Å². The molecule has 1 fully saturated rings. The van der Waals surface area contributed by atoms with Gasteiger partial charge in [0.1, 0.15) is 5.75 Å². The standard InChI is InChI=1S/C13H20N2O/c1-11-13(5-4-9-14-11)16-10-3-2-8-15-12-6-7-12/h4-5,9,12,15H,2-3,6-8,10H2,1H3. The van der Waals surface area contributed by atoms with Gasteiger partial charge in [0.2, 0.25) is 0 Å². The molecule has 1 saturated carbocycles. The number of nitrogens with zero attached hydrogens (tertiary/aromatic N) is 1. The van der Waals surface area contributed by atoms with Gasteiger partial charge in [-0.05, 0) is 51.3 Å². The van der Waals surface area contributed by atoms with Crippen LogP contribution < -0.4 is 10.1 Å². The predicted molar refractivity (Wildman–Crippen MR) is 64.7 cm³/mol. The predicted octanol–water partition coefficient (Wildman–Crippen LogP) is 2.30. The molecule has 3 nitrogen and oxygen atoms in total. The second kappa shape index (κ2) is 5.85. The fraction of sp³-hybridized carbons (Fsp3) is 0.615. The van der Waals surface area contributed by atoms with Crippen molar-refractivity contribution in [2.45, 2.75) is 38.6 Å². The Labute approximate surface area is 97.2 Å². The van der Waals surface area contributed by atoms with Gasteiger partial charge in [0.15, 0.2) is 0 Å². The minimum Gasteiger partial charge on any atom is -0.492 e. The van der Waals surface area contributed by atoms with Crippen molar-refractivity contribution in [2.24, 2.45) is 0 Å². The van der Waals surface area contributed by atoms with Crippen molar-refractivity contribution >= 4 is 0 Å². The van der Waals surface area contributed by atoms with Crippen molar-refractivity contribution < 1.29 is 4.74 Å². The molecule has 16 heavy (non-hydrogen) atoms. The summed E-state index contributed by atoms with van der Waals surface area (Å²) in [7, 11) is 0. The van der Waals surface area contributed by atoms with E-state index in [-0.39, 0.29) is 0 Å². The molecule has 1 aliphatic carbocycles. The van der Waals surface area contributed by atoms with E-state index < -0.39 is 0 Å². The van der Waals surface area contributed by atoms with Gasteiger partial charge in [0.05, 0.1) is 12.3 Å². The van der Waals surface area contributed by atoms with Gasteiger partial charge in [-0.2, -0.15) is 0 Å². The Kier molecular flexibility index (Phi) is 4.17. The zero-order valence-corrected chi connectivity index (χ0v) is 9.91. The third-order valence-corrected chi connectivity index (χ3v) is 2.80. The molecule has 1 aromatic heterocycles. The van der Waals surface area contributed by atoms with Crippen molar-refractivity contribution in [3.05, 3.63) is 24.0 Å². The lowest BCUT2D eigenvalue weighted by molar-refractivity contribution is 0.302. The molecule has 1 heterocycles. The van der Waals surface area contributed by atoms with Crippen LogP contribution in [0.4, 0.5) is 0 Å². The molecule has 88 valence electrons. The highest BCUT2D eigenvalue weighted by molar-refractivity contribution is 5.25. The van der Waals surface area contributed by atoms with Gasteiger partial charge in [-0.25, -0.2) is 0 Å². The molecule has 0 unspecified atom stereocenters. The Morgan fingerprint density at radius 1 is 1.44 bits per heavy atom. The summed E-state index contributed by atoms with van der Waals surface area (Å²) in [5, 5.41) is 3.50. The summed E-state index contributed by atoms with van der Waals surface area (Å²) in [4.78, 5) is 4.19. The lowest BCUT2D eigenvalue weighted by Crippen LogP contribution is -2.17. The number of pyridine rings is 1. The average Bonchev–Trinajstić information content (AvgIpc) is 3.09. The molecule has 1 aliphatic rings. The number of hydrogen-bond donors (Lipinski definition) is 1. The van der Waals surface area contributed by atoms with Crippen molar-refractivity contribution in [2.75, 3.05) is 13.2 Å². The molecule has 0 amide bonds. The summed E-state index contributed by atoms with van der Waals surface area (Å²) in [6.07, 6.45) is 6.82. The van der Waals surface area contributed by atoms with Crippen molar-refractivity contribution in [3.63, 3.8) is 0 Å². The van der Waals surface area contributed by atoms with Crippen LogP contribution in [-0.2, 0) is 0 Å². The number of unbranched alkanes of at least 4 members (excludes halogenated alkanes) is 1. The van der Waals surface area contributed by atoms with E-state index in [0.29, 0.717) is 0 Å². The monoisotopic (exact) mass is 220 g/mol. The lowest BCUT2D eigenvalue weighted by atomic mass is 10.3. The van der Waals surface area contributed by atoms with Crippen molar-refractivity contribution in [1.29, 1.82) is 0 Å². The number of aryl methyl sites for hydroxylation is 1. The second-order valence-electron chi connectivity index (χ2n) is 4.37. The van der Waals surface area contributed by atoms with Crippen LogP contribution in [0.2, 0.25) is 0 Å². The summed E-state index contributed by atoms with van der Waals surface area (Å²) in [6.45, 7) is 3.89. The Morgan fingerprint density at radius 3 is 3.06 bits per heavy atom. The molecule has 0 aliphatic heterocycles. The van der Waals surface area contributed by atoms with Crippen LogP contribution in [0.5, 0.6) is 5.75 Å². The van der Waals surface area contributed by atoms with Gasteiger partial charge in [-0.15, -0.1) is 0 Å². The van der Waals surface area contributed by atoms with Crippen LogP contribution in [0.1, 0.15) is 31.4 Å². The average molecular weight is 220 g/mol. The van der Waals surface area contributed by atoms with E-state index in [9.17, 15) is 0 Å². The molecule has 0 saturated heterocycles. The van der Waals surface area contributed by atoms with Crippen LogP contribution in [0.15, 0.2) is 18.3 Å². The molecule has 0 bridgehead atoms. The summed E-state index contributed by atoms with van der Waals surface area (Å²) in [5.41, 5.74) is 0.971. The Hall–Kier alpha value is -1.09. The van der Waals surface area contributed by atoms with E-state index in [1.807, 2.05) is 19.1 Å². The summed E-state index contributed by atoms with van der Waals surface area (Å²) < 4.78 is 5.67. The first-order valence-electron chi connectivity index (χ1n) is 6.14. The van der Waals surface area contributed by atoms with E-state index in [1.165, 1.54) is 19.3 Å². The van der Waals surface area contributed by atoms with Crippen LogP contribution in [0, 0.1) is 6.92 Å². The maximum Gasteiger partial charge on any atom is 0.140 e. The minimum absolute atomic E-state index is 0.791. The molecular formula is C13H20N2O. The van der Waals surface area contributed by atoms with Gasteiger partial charge < -0.3 is 10.1 Å². The summed E-state index contributed by atoms with van der Waals surface area (Å²) >= 11 is 0. The first-order valence-corrected chi connectivity index (χ1v) is 6.14. The van der Waals surface area contributed by atoms with E-state index in [2.05, 4.69) is 10.3 Å². The summed E-state index contributed by atoms with van der Waals surface area (Å²) in [6, 6.07) is 4.71. The maximum atomic E-state index is 5.67. The fourth-order valence-electron chi connectivity index (χ4n) is 1.62. The second-order valence-corrected chi connectivity index (χ2v) is 4.37. The number of nitrogens with one attached hydrogen (secondary N) is 1. The highest BCUT2D eigenvalue weighted by Gasteiger charge is 2.19. The highest BCUT2D eigenvalue weighted by atomic mass is 16.5. The zero-order chi connectivity index (χ0) is 11.2. The molecule has 0 spiro atoms. The fourth-order valence-corrected chi connectivity index (χ4v) is 1.62. The van der Waals surface area contributed by atoms with E-state index in [0.717, 1.165) is 37.1 Å². The van der Waals surface area contributed by atoms with Gasteiger partial charge in [-0.1, -0.05) is 0 Å². The lowest BCUT2D eigenvalue weighted by Gasteiger charge is -2.08. The number of hydrogen-bond acceptors (Lipinski definition) is 3. The minimum atomic E-state index is 0.791. The van der Waals surface area contributed by atoms with Gasteiger partial charge in [0.25, 0.3) is 0 Å². The van der Waals surface area contributed by atoms with E-state index in [4.69, 9.17) is 4.74 Å². The van der Waals surface area contributed by atoms with Crippen LogP contribution in [0.25, 0.3) is 0 Å². The molecule has 1 aromatic rings. The molecule has 0 aromatic carbocycles. The zero-order valence-electron chi connectivity index (χ0n) is 9.91. The van der Waals surface area contributed by atoms with Crippen LogP contribution in [-0.4, -0.2) is 24.2 Å². The molecule has 1 N–H and O–H groups in total. The molecule has 0 atom stereocenters. The first-order chi connectivity index (χ1) is 7.86. The van der Waals surface area contributed by atoms with E-state index >= 15 is 0 Å². The molecule has 3 heteroatoms. The number of aromatic nitrogens is 1. The maximum absolute atomic E-state index is 5.67. The van der Waals surface area contributed by atoms with Crippen molar-refractivity contribution in [1.82, 2.24) is 10.3 Å². The Morgan fingerprint density at radius 2 is 2.31 bits per heavy atom. The van der Waals surface area contributed by atoms with Crippen molar-refractivity contribution in [3.8, 4) is 5.75 Å². The quantitative estimate of drug-likeness (QED) is 0.716. The van der Waals surface area contributed by atoms with E-state index in [1.54, 1.807) is 6.20 Å². The highest BCUT2D eigenvalue weighted by Crippen LogP contribution is 2.18. The van der Waals surface area contributed by atoms with Gasteiger partial charge >= 0.3 is 0 Å². The first kappa shape index (κ1) is 11.4. The largest absolute Gasteiger partial charge is 0.492 e. The summed E-state index contributed by atoms with van der Waals surface area (Å²) in [5.74, 6) is 0.914. The topological polar surface area (TPSA) is 34.1 Å². The van der Waals surface area contributed by atoms with Crippen LogP contribution in [0.3, 0.4) is 0 Å². The molecule has 0 radical (unpaired) electrons. The van der Waals surface area contributed by atoms with Gasteiger partial charge in [0, 0.05) is 12.2 Å². The Bertz CT molecular complexity index is 323. The number of ether oxygens (including phenoxy) is 1. The third kappa shape index (κ3) is 3.81. The molecule has 2 rings (SSSR count). The Balaban J connectivity index is 1.55. The smallest absolute Gasteiger partial charge is 0.140 e.